The average molecular weight is 489 g/mol. The second kappa shape index (κ2) is 10.9. The molecule has 0 radical (unpaired) electrons. The molecule has 7 nitrogen and oxygen atoms in total. The zero-order valence-electron chi connectivity index (χ0n) is 19.7. The van der Waals surface area contributed by atoms with Crippen LogP contribution in [0.2, 0.25) is 0 Å². The number of aryl methyl sites for hydroxylation is 1. The predicted octanol–water partition coefficient (Wildman–Crippen LogP) is 4.19. The molecule has 2 aromatic carbocycles. The molecule has 2 aromatic heterocycles. The highest BCUT2D eigenvalue weighted by Crippen LogP contribution is 2.32. The van der Waals surface area contributed by atoms with Crippen LogP contribution in [0.1, 0.15) is 16.3 Å². The van der Waals surface area contributed by atoms with E-state index in [0.717, 1.165) is 76.9 Å². The lowest BCUT2D eigenvalue weighted by atomic mass is 9.98. The normalized spacial score (nSPS) is 14.2. The van der Waals surface area contributed by atoms with E-state index in [2.05, 4.69) is 44.5 Å². The highest BCUT2D eigenvalue weighted by atomic mass is 32.1. The van der Waals surface area contributed by atoms with E-state index in [1.807, 2.05) is 36.6 Å². The standard InChI is InChI=1S/C27H28N4O3S/c1-19-14-23(22-4-2-3-5-24(22)30-19)20-6-7-25(21(15-20)17-31-9-11-33-12-10-31)34-18-26(32)29-16-27-28-8-13-35-27/h2-8,13-15H,9-12,16-18H2,1H3,(H,29,32). The minimum Gasteiger partial charge on any atom is -0.483 e. The monoisotopic (exact) mass is 488 g/mol. The molecular weight excluding hydrogens is 460 g/mol. The number of rotatable bonds is 8. The van der Waals surface area contributed by atoms with E-state index in [9.17, 15) is 4.79 Å². The van der Waals surface area contributed by atoms with Crippen LogP contribution >= 0.6 is 11.3 Å². The number of benzene rings is 2. The Labute approximate surface area is 208 Å². The molecule has 0 bridgehead atoms. The van der Waals surface area contributed by atoms with Crippen molar-refractivity contribution < 1.29 is 14.3 Å². The zero-order valence-corrected chi connectivity index (χ0v) is 20.5. The number of thiazole rings is 1. The molecule has 0 saturated carbocycles. The van der Waals surface area contributed by atoms with Gasteiger partial charge in [-0.2, -0.15) is 0 Å². The van der Waals surface area contributed by atoms with E-state index in [-0.39, 0.29) is 12.5 Å². The van der Waals surface area contributed by atoms with E-state index in [4.69, 9.17) is 9.47 Å². The Morgan fingerprint density at radius 3 is 2.86 bits per heavy atom. The summed E-state index contributed by atoms with van der Waals surface area (Å²) >= 11 is 1.52. The van der Waals surface area contributed by atoms with Gasteiger partial charge in [0.15, 0.2) is 6.61 Å². The van der Waals surface area contributed by atoms with E-state index >= 15 is 0 Å². The largest absolute Gasteiger partial charge is 0.483 e. The van der Waals surface area contributed by atoms with Gasteiger partial charge in [-0.15, -0.1) is 11.3 Å². The fourth-order valence-corrected chi connectivity index (χ4v) is 4.82. The highest BCUT2D eigenvalue weighted by molar-refractivity contribution is 7.09. The van der Waals surface area contributed by atoms with Gasteiger partial charge in [0.1, 0.15) is 10.8 Å². The molecule has 35 heavy (non-hydrogen) atoms. The number of fused-ring (bicyclic) bond motifs is 1. The topological polar surface area (TPSA) is 76.6 Å². The number of amides is 1. The first-order chi connectivity index (χ1) is 17.2. The Balaban J connectivity index is 1.39. The van der Waals surface area contributed by atoms with Gasteiger partial charge in [0.25, 0.3) is 5.91 Å². The summed E-state index contributed by atoms with van der Waals surface area (Å²) in [5.41, 5.74) is 5.26. The van der Waals surface area contributed by atoms with E-state index in [1.165, 1.54) is 11.3 Å². The third kappa shape index (κ3) is 5.85. The first-order valence-electron chi connectivity index (χ1n) is 11.7. The van der Waals surface area contributed by atoms with Crippen LogP contribution in [0, 0.1) is 6.92 Å². The quantitative estimate of drug-likeness (QED) is 0.401. The first-order valence-corrected chi connectivity index (χ1v) is 12.6. The Bertz CT molecular complexity index is 1300. The molecule has 1 aliphatic rings. The summed E-state index contributed by atoms with van der Waals surface area (Å²) in [6.07, 6.45) is 1.73. The predicted molar refractivity (Wildman–Crippen MR) is 137 cm³/mol. The molecule has 0 aliphatic carbocycles. The van der Waals surface area contributed by atoms with Crippen molar-refractivity contribution in [1.82, 2.24) is 20.2 Å². The lowest BCUT2D eigenvalue weighted by Crippen LogP contribution is -2.35. The molecule has 180 valence electrons. The van der Waals surface area contributed by atoms with Crippen molar-refractivity contribution in [3.8, 4) is 16.9 Å². The molecular formula is C27H28N4O3S. The number of nitrogens with one attached hydrogen (secondary N) is 1. The van der Waals surface area contributed by atoms with Crippen LogP contribution in [0.25, 0.3) is 22.0 Å². The van der Waals surface area contributed by atoms with E-state index in [1.54, 1.807) is 6.20 Å². The van der Waals surface area contributed by atoms with Crippen molar-refractivity contribution in [3.63, 3.8) is 0 Å². The van der Waals surface area contributed by atoms with Crippen molar-refractivity contribution in [1.29, 1.82) is 0 Å². The molecule has 0 unspecified atom stereocenters. The second-order valence-electron chi connectivity index (χ2n) is 8.53. The zero-order chi connectivity index (χ0) is 24.0. The summed E-state index contributed by atoms with van der Waals surface area (Å²) in [5.74, 6) is 0.553. The second-order valence-corrected chi connectivity index (χ2v) is 9.51. The van der Waals surface area contributed by atoms with Crippen molar-refractivity contribution >= 4 is 28.1 Å². The fraction of sp³-hybridized carbons (Fsp3) is 0.296. The summed E-state index contributed by atoms with van der Waals surface area (Å²) in [5, 5.41) is 6.75. The highest BCUT2D eigenvalue weighted by Gasteiger charge is 2.16. The number of aromatic nitrogens is 2. The Morgan fingerprint density at radius 1 is 1.17 bits per heavy atom. The third-order valence-corrected chi connectivity index (χ3v) is 6.77. The summed E-state index contributed by atoms with van der Waals surface area (Å²) in [6.45, 7) is 6.31. The van der Waals surface area contributed by atoms with Gasteiger partial charge < -0.3 is 14.8 Å². The molecule has 0 spiro atoms. The van der Waals surface area contributed by atoms with Crippen LogP contribution in [0.4, 0.5) is 0 Å². The number of carbonyl (C=O) groups is 1. The number of hydrogen-bond donors (Lipinski definition) is 1. The molecule has 8 heteroatoms. The number of para-hydroxylation sites is 1. The van der Waals surface area contributed by atoms with Gasteiger partial charge in [0.05, 0.1) is 25.3 Å². The van der Waals surface area contributed by atoms with Crippen molar-refractivity contribution in [2.45, 2.75) is 20.0 Å². The minimum absolute atomic E-state index is 0.0435. The molecule has 1 fully saturated rings. The number of ether oxygens (including phenoxy) is 2. The Hall–Kier alpha value is -3.33. The molecule has 0 atom stereocenters. The fourth-order valence-electron chi connectivity index (χ4n) is 4.27. The van der Waals surface area contributed by atoms with Gasteiger partial charge in [-0.25, -0.2) is 4.98 Å². The van der Waals surface area contributed by atoms with Crippen LogP contribution in [0.5, 0.6) is 5.75 Å². The summed E-state index contributed by atoms with van der Waals surface area (Å²) in [7, 11) is 0. The summed E-state index contributed by atoms with van der Waals surface area (Å²) in [4.78, 5) is 23.6. The third-order valence-electron chi connectivity index (χ3n) is 5.99. The molecule has 1 amide bonds. The van der Waals surface area contributed by atoms with Gasteiger partial charge in [-0.1, -0.05) is 24.3 Å². The van der Waals surface area contributed by atoms with Crippen molar-refractivity contribution in [2.75, 3.05) is 32.9 Å². The van der Waals surface area contributed by atoms with Crippen molar-refractivity contribution in [3.05, 3.63) is 76.4 Å². The van der Waals surface area contributed by atoms with Gasteiger partial charge >= 0.3 is 0 Å². The molecule has 3 heterocycles. The van der Waals surface area contributed by atoms with E-state index < -0.39 is 0 Å². The Kier molecular flexibility index (Phi) is 7.32. The number of hydrogen-bond acceptors (Lipinski definition) is 7. The molecule has 1 saturated heterocycles. The number of carbonyl (C=O) groups excluding carboxylic acids is 1. The number of morpholine rings is 1. The van der Waals surface area contributed by atoms with Gasteiger partial charge in [-0.05, 0) is 42.3 Å². The smallest absolute Gasteiger partial charge is 0.258 e. The molecule has 5 rings (SSSR count). The number of pyridine rings is 1. The summed E-state index contributed by atoms with van der Waals surface area (Å²) in [6, 6.07) is 16.6. The van der Waals surface area contributed by atoms with Crippen LogP contribution in [-0.4, -0.2) is 53.7 Å². The van der Waals surface area contributed by atoms with Gasteiger partial charge in [-0.3, -0.25) is 14.7 Å². The maximum absolute atomic E-state index is 12.4. The van der Waals surface area contributed by atoms with Crippen LogP contribution < -0.4 is 10.1 Å². The number of nitrogens with zero attached hydrogens (tertiary/aromatic N) is 3. The molecule has 1 aliphatic heterocycles. The SMILES string of the molecule is Cc1cc(-c2ccc(OCC(=O)NCc3nccs3)c(CN3CCOCC3)c2)c2ccccc2n1. The lowest BCUT2D eigenvalue weighted by molar-refractivity contribution is -0.123. The van der Waals surface area contributed by atoms with Crippen LogP contribution in [-0.2, 0) is 22.6 Å². The molecule has 1 N–H and O–H groups in total. The van der Waals surface area contributed by atoms with Gasteiger partial charge in [0, 0.05) is 47.9 Å². The van der Waals surface area contributed by atoms with Crippen LogP contribution in [0.3, 0.4) is 0 Å². The maximum atomic E-state index is 12.4. The lowest BCUT2D eigenvalue weighted by Gasteiger charge is -2.27. The van der Waals surface area contributed by atoms with Crippen molar-refractivity contribution in [2.24, 2.45) is 0 Å². The minimum atomic E-state index is -0.169. The maximum Gasteiger partial charge on any atom is 0.258 e. The van der Waals surface area contributed by atoms with Gasteiger partial charge in [0.2, 0.25) is 0 Å². The average Bonchev–Trinajstić information content (AvgIpc) is 3.40. The van der Waals surface area contributed by atoms with E-state index in [0.29, 0.717) is 6.54 Å². The summed E-state index contributed by atoms with van der Waals surface area (Å²) < 4.78 is 11.5. The van der Waals surface area contributed by atoms with Crippen LogP contribution in [0.15, 0.2) is 60.1 Å². The molecule has 4 aromatic rings. The first kappa shape index (κ1) is 23.4. The Morgan fingerprint density at radius 2 is 2.03 bits per heavy atom.